The second-order valence-electron chi connectivity index (χ2n) is 7.39. The Morgan fingerprint density at radius 1 is 1.33 bits per heavy atom. The van der Waals surface area contributed by atoms with Crippen LogP contribution < -0.4 is 11.1 Å². The Bertz CT molecular complexity index is 350. The van der Waals surface area contributed by atoms with E-state index >= 15 is 0 Å². The molecule has 1 amide bonds. The van der Waals surface area contributed by atoms with Crippen molar-refractivity contribution in [3.05, 3.63) is 0 Å². The molecule has 2 rings (SSSR count). The van der Waals surface area contributed by atoms with Gasteiger partial charge < -0.3 is 16.0 Å². The maximum atomic E-state index is 11.9. The van der Waals surface area contributed by atoms with Gasteiger partial charge in [0.2, 0.25) is 5.91 Å². The number of carbonyl (C=O) groups excluding carboxylic acids is 1. The van der Waals surface area contributed by atoms with Crippen molar-refractivity contribution in [2.45, 2.75) is 57.9 Å². The van der Waals surface area contributed by atoms with Crippen LogP contribution in [-0.4, -0.2) is 43.0 Å². The van der Waals surface area contributed by atoms with Crippen LogP contribution in [0.25, 0.3) is 0 Å². The zero-order valence-electron chi connectivity index (χ0n) is 14.0. The van der Waals surface area contributed by atoms with E-state index in [4.69, 9.17) is 5.73 Å². The summed E-state index contributed by atoms with van der Waals surface area (Å²) in [5.41, 5.74) is 5.23. The van der Waals surface area contributed by atoms with Gasteiger partial charge in [-0.05, 0) is 76.5 Å². The third kappa shape index (κ3) is 3.59. The number of hydrogen-bond donors (Lipinski definition) is 2. The number of nitrogens with two attached hydrogens (primary N) is 1. The second-order valence-corrected chi connectivity index (χ2v) is 7.39. The first-order valence-corrected chi connectivity index (χ1v) is 8.70. The fraction of sp³-hybridized carbons (Fsp3) is 0.941. The lowest BCUT2D eigenvalue weighted by atomic mass is 9.83. The van der Waals surface area contributed by atoms with Crippen molar-refractivity contribution in [3.8, 4) is 0 Å². The number of nitrogens with zero attached hydrogens (tertiary/aromatic N) is 1. The molecular formula is C17H33N3O. The number of rotatable bonds is 6. The summed E-state index contributed by atoms with van der Waals surface area (Å²) in [6.45, 7) is 8.24. The van der Waals surface area contributed by atoms with Crippen LogP contribution in [0.15, 0.2) is 0 Å². The standard InChI is InChI=1S/C17H33N3O/c1-13(2)14-6-10-20(11-7-14)12-8-15-5-4-9-17(15,19-3)16(18)21/h13-15,19H,4-12H2,1-3H3,(H2,18,21). The van der Waals surface area contributed by atoms with Gasteiger partial charge in [0.05, 0.1) is 0 Å². The number of hydrogen-bond acceptors (Lipinski definition) is 3. The van der Waals surface area contributed by atoms with Crippen LogP contribution in [0, 0.1) is 17.8 Å². The van der Waals surface area contributed by atoms with Gasteiger partial charge in [-0.25, -0.2) is 0 Å². The number of piperidine rings is 1. The molecule has 1 saturated heterocycles. The molecular weight excluding hydrogens is 262 g/mol. The zero-order chi connectivity index (χ0) is 15.5. The summed E-state index contributed by atoms with van der Waals surface area (Å²) in [5, 5.41) is 3.24. The van der Waals surface area contributed by atoms with Crippen molar-refractivity contribution in [3.63, 3.8) is 0 Å². The van der Waals surface area contributed by atoms with Crippen LogP contribution in [-0.2, 0) is 4.79 Å². The minimum atomic E-state index is -0.448. The number of nitrogens with one attached hydrogen (secondary N) is 1. The fourth-order valence-electron chi connectivity index (χ4n) is 4.43. The number of amides is 1. The molecule has 0 aromatic carbocycles. The molecule has 3 N–H and O–H groups in total. The molecule has 0 aromatic rings. The van der Waals surface area contributed by atoms with Crippen LogP contribution in [0.5, 0.6) is 0 Å². The smallest absolute Gasteiger partial charge is 0.238 e. The zero-order valence-corrected chi connectivity index (χ0v) is 14.0. The maximum absolute atomic E-state index is 11.9. The van der Waals surface area contributed by atoms with Gasteiger partial charge in [-0.15, -0.1) is 0 Å². The van der Waals surface area contributed by atoms with Gasteiger partial charge in [0, 0.05) is 0 Å². The number of primary amides is 1. The first kappa shape index (κ1) is 16.8. The van der Waals surface area contributed by atoms with E-state index in [9.17, 15) is 4.79 Å². The molecule has 2 atom stereocenters. The highest BCUT2D eigenvalue weighted by atomic mass is 16.1. The molecule has 1 saturated carbocycles. The van der Waals surface area contributed by atoms with Crippen LogP contribution in [0.4, 0.5) is 0 Å². The summed E-state index contributed by atoms with van der Waals surface area (Å²) in [6, 6.07) is 0. The van der Waals surface area contributed by atoms with Gasteiger partial charge in [0.15, 0.2) is 0 Å². The second kappa shape index (κ2) is 7.10. The van der Waals surface area contributed by atoms with E-state index in [0.29, 0.717) is 5.92 Å². The van der Waals surface area contributed by atoms with Crippen molar-refractivity contribution >= 4 is 5.91 Å². The molecule has 4 heteroatoms. The predicted molar refractivity (Wildman–Crippen MR) is 86.9 cm³/mol. The highest BCUT2D eigenvalue weighted by molar-refractivity contribution is 5.85. The Morgan fingerprint density at radius 3 is 2.52 bits per heavy atom. The van der Waals surface area contributed by atoms with Crippen molar-refractivity contribution in [2.75, 3.05) is 26.7 Å². The first-order chi connectivity index (χ1) is 9.99. The third-order valence-electron chi connectivity index (χ3n) is 6.08. The highest BCUT2D eigenvalue weighted by Gasteiger charge is 2.46. The third-order valence-corrected chi connectivity index (χ3v) is 6.08. The summed E-state index contributed by atoms with van der Waals surface area (Å²) in [7, 11) is 1.89. The molecule has 0 radical (unpaired) electrons. The summed E-state index contributed by atoms with van der Waals surface area (Å²) >= 11 is 0. The van der Waals surface area contributed by atoms with Crippen LogP contribution in [0.1, 0.15) is 52.4 Å². The average Bonchev–Trinajstić information content (AvgIpc) is 2.89. The van der Waals surface area contributed by atoms with Crippen molar-refractivity contribution in [1.82, 2.24) is 10.2 Å². The summed E-state index contributed by atoms with van der Waals surface area (Å²) in [4.78, 5) is 14.5. The van der Waals surface area contributed by atoms with E-state index in [1.165, 1.54) is 25.9 Å². The summed E-state index contributed by atoms with van der Waals surface area (Å²) in [6.07, 6.45) is 6.90. The Kier molecular flexibility index (Phi) is 5.67. The number of carbonyl (C=O) groups is 1. The van der Waals surface area contributed by atoms with E-state index < -0.39 is 5.54 Å². The van der Waals surface area contributed by atoms with E-state index in [2.05, 4.69) is 24.1 Å². The molecule has 1 heterocycles. The molecule has 1 aliphatic heterocycles. The number of likely N-dealkylation sites (tertiary alicyclic amines) is 1. The number of likely N-dealkylation sites (N-methyl/N-ethyl adjacent to an activating group) is 1. The molecule has 122 valence electrons. The van der Waals surface area contributed by atoms with Gasteiger partial charge in [0.1, 0.15) is 5.54 Å². The Labute approximate surface area is 129 Å². The van der Waals surface area contributed by atoms with Gasteiger partial charge in [-0.1, -0.05) is 20.3 Å². The van der Waals surface area contributed by atoms with E-state index in [-0.39, 0.29) is 5.91 Å². The molecule has 4 nitrogen and oxygen atoms in total. The SMILES string of the molecule is CNC1(C(N)=O)CCCC1CCN1CCC(C(C)C)CC1. The minimum Gasteiger partial charge on any atom is -0.368 e. The Hall–Kier alpha value is -0.610. The minimum absolute atomic E-state index is 0.161. The Morgan fingerprint density at radius 2 is 2.00 bits per heavy atom. The van der Waals surface area contributed by atoms with Gasteiger partial charge in [-0.3, -0.25) is 4.79 Å². The lowest BCUT2D eigenvalue weighted by Gasteiger charge is -2.36. The van der Waals surface area contributed by atoms with Crippen molar-refractivity contribution in [2.24, 2.45) is 23.5 Å². The molecule has 0 spiro atoms. The monoisotopic (exact) mass is 295 g/mol. The van der Waals surface area contributed by atoms with Crippen LogP contribution in [0.3, 0.4) is 0 Å². The maximum Gasteiger partial charge on any atom is 0.238 e. The van der Waals surface area contributed by atoms with Crippen molar-refractivity contribution in [1.29, 1.82) is 0 Å². The topological polar surface area (TPSA) is 58.4 Å². The normalized spacial score (nSPS) is 31.9. The lowest BCUT2D eigenvalue weighted by molar-refractivity contribution is -0.125. The predicted octanol–water partition coefficient (Wildman–Crippen LogP) is 1.99. The molecule has 2 unspecified atom stereocenters. The van der Waals surface area contributed by atoms with Gasteiger partial charge >= 0.3 is 0 Å². The molecule has 2 fully saturated rings. The Balaban J connectivity index is 1.82. The van der Waals surface area contributed by atoms with E-state index in [0.717, 1.165) is 44.1 Å². The van der Waals surface area contributed by atoms with Crippen LogP contribution in [0.2, 0.25) is 0 Å². The molecule has 0 aromatic heterocycles. The van der Waals surface area contributed by atoms with Crippen LogP contribution >= 0.6 is 0 Å². The largest absolute Gasteiger partial charge is 0.368 e. The molecule has 1 aliphatic carbocycles. The molecule has 2 aliphatic rings. The van der Waals surface area contributed by atoms with Gasteiger partial charge in [0.25, 0.3) is 0 Å². The average molecular weight is 295 g/mol. The molecule has 0 bridgehead atoms. The first-order valence-electron chi connectivity index (χ1n) is 8.70. The fourth-order valence-corrected chi connectivity index (χ4v) is 4.43. The quantitative estimate of drug-likeness (QED) is 0.788. The van der Waals surface area contributed by atoms with Crippen molar-refractivity contribution < 1.29 is 4.79 Å². The van der Waals surface area contributed by atoms with E-state index in [1.807, 2.05) is 7.05 Å². The lowest BCUT2D eigenvalue weighted by Crippen LogP contribution is -2.57. The summed E-state index contributed by atoms with van der Waals surface area (Å²) < 4.78 is 0. The molecule has 21 heavy (non-hydrogen) atoms. The summed E-state index contributed by atoms with van der Waals surface area (Å²) in [5.74, 6) is 1.96. The van der Waals surface area contributed by atoms with E-state index in [1.54, 1.807) is 0 Å². The van der Waals surface area contributed by atoms with Gasteiger partial charge in [-0.2, -0.15) is 0 Å². The highest BCUT2D eigenvalue weighted by Crippen LogP contribution is 2.38.